The van der Waals surface area contributed by atoms with Crippen molar-refractivity contribution in [2.45, 2.75) is 13.8 Å². The van der Waals surface area contributed by atoms with Gasteiger partial charge < -0.3 is 10.5 Å². The van der Waals surface area contributed by atoms with E-state index in [0.717, 1.165) is 38.4 Å². The van der Waals surface area contributed by atoms with Crippen molar-refractivity contribution in [1.82, 2.24) is 4.98 Å². The van der Waals surface area contributed by atoms with Crippen LogP contribution in [0.1, 0.15) is 11.1 Å². The van der Waals surface area contributed by atoms with Gasteiger partial charge in [-0.25, -0.2) is 0 Å². The van der Waals surface area contributed by atoms with Crippen LogP contribution in [-0.2, 0) is 0 Å². The Hall–Kier alpha value is -2.26. The molecule has 0 aliphatic rings. The summed E-state index contributed by atoms with van der Waals surface area (Å²) in [5.74, 6) is 1.48. The molecule has 0 saturated carbocycles. The van der Waals surface area contributed by atoms with Crippen LogP contribution in [0.2, 0.25) is 5.02 Å². The van der Waals surface area contributed by atoms with E-state index in [4.69, 9.17) is 22.1 Å². The standard InChI is InChI=1S/C17H15ClN2O/c1-10-7-12(8-11(2)17(10)18)21-16-4-3-15(19)13-5-6-20-9-14(13)16/h3-9H,19H2,1-2H3. The molecule has 1 heterocycles. The first-order valence-electron chi connectivity index (χ1n) is 6.63. The molecule has 0 saturated heterocycles. The van der Waals surface area contributed by atoms with Crippen LogP contribution in [0.15, 0.2) is 42.7 Å². The first kappa shape index (κ1) is 13.7. The zero-order chi connectivity index (χ0) is 15.0. The third-order valence-corrected chi connectivity index (χ3v) is 4.05. The van der Waals surface area contributed by atoms with Gasteiger partial charge in [-0.05, 0) is 55.3 Å². The highest BCUT2D eigenvalue weighted by molar-refractivity contribution is 6.32. The van der Waals surface area contributed by atoms with Gasteiger partial charge in [0, 0.05) is 33.9 Å². The topological polar surface area (TPSA) is 48.1 Å². The number of anilines is 1. The van der Waals surface area contributed by atoms with Gasteiger partial charge in [0.25, 0.3) is 0 Å². The summed E-state index contributed by atoms with van der Waals surface area (Å²) >= 11 is 6.19. The molecular weight excluding hydrogens is 284 g/mol. The molecule has 0 aliphatic heterocycles. The molecule has 0 aliphatic carbocycles. The third-order valence-electron chi connectivity index (χ3n) is 3.45. The molecular formula is C17H15ClN2O. The highest BCUT2D eigenvalue weighted by atomic mass is 35.5. The highest BCUT2D eigenvalue weighted by Gasteiger charge is 2.08. The minimum Gasteiger partial charge on any atom is -0.457 e. The lowest BCUT2D eigenvalue weighted by atomic mass is 10.1. The molecule has 0 atom stereocenters. The molecule has 21 heavy (non-hydrogen) atoms. The van der Waals surface area contributed by atoms with E-state index in [-0.39, 0.29) is 0 Å². The molecule has 0 fully saturated rings. The number of aromatic nitrogens is 1. The summed E-state index contributed by atoms with van der Waals surface area (Å²) in [6.07, 6.45) is 3.48. The maximum absolute atomic E-state index is 6.19. The number of halogens is 1. The molecule has 0 unspecified atom stereocenters. The summed E-state index contributed by atoms with van der Waals surface area (Å²) in [6, 6.07) is 9.43. The number of aryl methyl sites for hydroxylation is 2. The number of fused-ring (bicyclic) bond motifs is 1. The lowest BCUT2D eigenvalue weighted by Crippen LogP contribution is -1.92. The second-order valence-corrected chi connectivity index (χ2v) is 5.43. The lowest BCUT2D eigenvalue weighted by molar-refractivity contribution is 0.487. The van der Waals surface area contributed by atoms with Crippen molar-refractivity contribution in [1.29, 1.82) is 0 Å². The van der Waals surface area contributed by atoms with Crippen molar-refractivity contribution >= 4 is 28.1 Å². The van der Waals surface area contributed by atoms with Crippen molar-refractivity contribution < 1.29 is 4.74 Å². The number of rotatable bonds is 2. The summed E-state index contributed by atoms with van der Waals surface area (Å²) < 4.78 is 6.01. The van der Waals surface area contributed by atoms with Gasteiger partial charge in [0.1, 0.15) is 11.5 Å². The Morgan fingerprint density at radius 1 is 1.05 bits per heavy atom. The Morgan fingerprint density at radius 3 is 2.48 bits per heavy atom. The number of pyridine rings is 1. The van der Waals surface area contributed by atoms with Gasteiger partial charge in [0.2, 0.25) is 0 Å². The van der Waals surface area contributed by atoms with E-state index in [0.29, 0.717) is 5.69 Å². The second-order valence-electron chi connectivity index (χ2n) is 5.05. The van der Waals surface area contributed by atoms with Gasteiger partial charge in [-0.15, -0.1) is 0 Å². The van der Waals surface area contributed by atoms with E-state index < -0.39 is 0 Å². The summed E-state index contributed by atoms with van der Waals surface area (Å²) in [7, 11) is 0. The van der Waals surface area contributed by atoms with Crippen LogP contribution in [-0.4, -0.2) is 4.98 Å². The molecule has 106 valence electrons. The van der Waals surface area contributed by atoms with E-state index in [9.17, 15) is 0 Å². The zero-order valence-corrected chi connectivity index (χ0v) is 12.6. The van der Waals surface area contributed by atoms with Gasteiger partial charge in [-0.2, -0.15) is 0 Å². The maximum Gasteiger partial charge on any atom is 0.136 e. The summed E-state index contributed by atoms with van der Waals surface area (Å²) in [5.41, 5.74) is 8.68. The zero-order valence-electron chi connectivity index (χ0n) is 11.9. The number of hydrogen-bond acceptors (Lipinski definition) is 3. The predicted molar refractivity (Wildman–Crippen MR) is 87.2 cm³/mol. The normalized spacial score (nSPS) is 10.8. The van der Waals surface area contributed by atoms with Gasteiger partial charge in [0.15, 0.2) is 0 Å². The number of nitrogen functional groups attached to an aromatic ring is 1. The Morgan fingerprint density at radius 2 is 1.76 bits per heavy atom. The average molecular weight is 299 g/mol. The Kier molecular flexibility index (Phi) is 3.43. The molecule has 0 amide bonds. The van der Waals surface area contributed by atoms with E-state index in [1.807, 2.05) is 44.2 Å². The van der Waals surface area contributed by atoms with Crippen molar-refractivity contribution in [2.24, 2.45) is 0 Å². The van der Waals surface area contributed by atoms with Crippen molar-refractivity contribution in [3.8, 4) is 11.5 Å². The van der Waals surface area contributed by atoms with Crippen LogP contribution in [0.4, 0.5) is 5.69 Å². The molecule has 2 aromatic carbocycles. The SMILES string of the molecule is Cc1cc(Oc2ccc(N)c3ccncc23)cc(C)c1Cl. The fraction of sp³-hybridized carbons (Fsp3) is 0.118. The Labute approximate surface area is 128 Å². The molecule has 2 N–H and O–H groups in total. The maximum atomic E-state index is 6.19. The van der Waals surface area contributed by atoms with Crippen LogP contribution in [0.3, 0.4) is 0 Å². The molecule has 0 bridgehead atoms. The van der Waals surface area contributed by atoms with Crippen LogP contribution in [0, 0.1) is 13.8 Å². The number of benzene rings is 2. The molecule has 1 aromatic heterocycles. The van der Waals surface area contributed by atoms with Gasteiger partial charge >= 0.3 is 0 Å². The molecule has 0 spiro atoms. The number of nitrogens with two attached hydrogens (primary N) is 1. The smallest absolute Gasteiger partial charge is 0.136 e. The van der Waals surface area contributed by atoms with Crippen molar-refractivity contribution in [2.75, 3.05) is 5.73 Å². The molecule has 4 heteroatoms. The van der Waals surface area contributed by atoms with Crippen molar-refractivity contribution in [3.63, 3.8) is 0 Å². The fourth-order valence-electron chi connectivity index (χ4n) is 2.37. The monoisotopic (exact) mass is 298 g/mol. The third kappa shape index (κ3) is 2.52. The Bertz CT molecular complexity index is 807. The first-order valence-corrected chi connectivity index (χ1v) is 7.01. The van der Waals surface area contributed by atoms with E-state index in [1.165, 1.54) is 0 Å². The molecule has 0 radical (unpaired) electrons. The Balaban J connectivity index is 2.09. The predicted octanol–water partition coefficient (Wildman–Crippen LogP) is 4.88. The average Bonchev–Trinajstić information content (AvgIpc) is 2.48. The minimum absolute atomic E-state index is 0.711. The van der Waals surface area contributed by atoms with Gasteiger partial charge in [-0.3, -0.25) is 4.98 Å². The first-order chi connectivity index (χ1) is 10.1. The van der Waals surface area contributed by atoms with E-state index in [2.05, 4.69) is 4.98 Å². The lowest BCUT2D eigenvalue weighted by Gasteiger charge is -2.12. The summed E-state index contributed by atoms with van der Waals surface area (Å²) in [6.45, 7) is 3.93. The van der Waals surface area contributed by atoms with E-state index >= 15 is 0 Å². The molecule has 3 rings (SSSR count). The summed E-state index contributed by atoms with van der Waals surface area (Å²) in [5, 5.41) is 2.60. The van der Waals surface area contributed by atoms with Gasteiger partial charge in [-0.1, -0.05) is 11.6 Å². The fourth-order valence-corrected chi connectivity index (χ4v) is 2.48. The number of hydrogen-bond donors (Lipinski definition) is 1. The van der Waals surface area contributed by atoms with Crippen LogP contribution >= 0.6 is 11.6 Å². The summed E-state index contributed by atoms with van der Waals surface area (Å²) in [4.78, 5) is 4.15. The van der Waals surface area contributed by atoms with Crippen molar-refractivity contribution in [3.05, 3.63) is 58.9 Å². The van der Waals surface area contributed by atoms with Crippen LogP contribution in [0.5, 0.6) is 11.5 Å². The van der Waals surface area contributed by atoms with Gasteiger partial charge in [0.05, 0.1) is 0 Å². The van der Waals surface area contributed by atoms with Crippen LogP contribution < -0.4 is 10.5 Å². The number of ether oxygens (including phenoxy) is 1. The second kappa shape index (κ2) is 5.26. The van der Waals surface area contributed by atoms with E-state index in [1.54, 1.807) is 12.4 Å². The number of nitrogens with zero attached hydrogens (tertiary/aromatic N) is 1. The quantitative estimate of drug-likeness (QED) is 0.686. The molecule has 3 nitrogen and oxygen atoms in total. The largest absolute Gasteiger partial charge is 0.457 e. The van der Waals surface area contributed by atoms with Crippen LogP contribution in [0.25, 0.3) is 10.8 Å². The minimum atomic E-state index is 0.711. The molecule has 3 aromatic rings. The highest BCUT2D eigenvalue weighted by Crippen LogP contribution is 2.34.